The molecule has 1 aliphatic rings. The smallest absolute Gasteiger partial charge is 0.249 e. The topological polar surface area (TPSA) is 29.5 Å². The Kier molecular flexibility index (Phi) is 7.68. The summed E-state index contributed by atoms with van der Waals surface area (Å²) in [6.45, 7) is 10.9. The summed E-state index contributed by atoms with van der Waals surface area (Å²) in [5.74, 6) is 0.870. The largest absolute Gasteiger partial charge is 0.361 e. The summed E-state index contributed by atoms with van der Waals surface area (Å²) < 4.78 is 6.33. The van der Waals surface area contributed by atoms with Gasteiger partial charge in [0.2, 0.25) is 5.91 Å². The third-order valence-electron chi connectivity index (χ3n) is 5.78. The molecule has 1 amide bonds. The van der Waals surface area contributed by atoms with Crippen LogP contribution in [0.25, 0.3) is 0 Å². The van der Waals surface area contributed by atoms with Crippen molar-refractivity contribution in [2.24, 2.45) is 0 Å². The number of carbonyl (C=O) groups excluding carboxylic acids is 1. The summed E-state index contributed by atoms with van der Waals surface area (Å²) in [7, 11) is 0. The summed E-state index contributed by atoms with van der Waals surface area (Å²) in [5, 5.41) is 1.31. The number of carbonyl (C=O) groups is 1. The first-order valence-electron chi connectivity index (χ1n) is 10.7. The zero-order chi connectivity index (χ0) is 22.8. The van der Waals surface area contributed by atoms with Gasteiger partial charge in [0.05, 0.1) is 5.54 Å². The van der Waals surface area contributed by atoms with E-state index in [9.17, 15) is 4.79 Å². The SMILES string of the molecule is CCC(CSC(C)(C)C)N1C(=O)COC(c2cccc(Cl)c2)C1(C)c1ccc(Cl)cc1. The van der Waals surface area contributed by atoms with Crippen LogP contribution in [-0.4, -0.2) is 34.0 Å². The van der Waals surface area contributed by atoms with E-state index < -0.39 is 5.54 Å². The molecule has 1 aliphatic heterocycles. The number of morpholine rings is 1. The van der Waals surface area contributed by atoms with Crippen LogP contribution >= 0.6 is 35.0 Å². The Balaban J connectivity index is 2.13. The predicted molar refractivity (Wildman–Crippen MR) is 132 cm³/mol. The highest BCUT2D eigenvalue weighted by atomic mass is 35.5. The lowest BCUT2D eigenvalue weighted by atomic mass is 9.79. The van der Waals surface area contributed by atoms with Gasteiger partial charge >= 0.3 is 0 Å². The Morgan fingerprint density at radius 3 is 2.42 bits per heavy atom. The second-order valence-electron chi connectivity index (χ2n) is 9.15. The van der Waals surface area contributed by atoms with Crippen molar-refractivity contribution in [2.45, 2.75) is 63.5 Å². The van der Waals surface area contributed by atoms with Crippen molar-refractivity contribution in [3.63, 3.8) is 0 Å². The molecule has 6 heteroatoms. The Hall–Kier alpha value is -1.20. The maximum absolute atomic E-state index is 13.4. The minimum Gasteiger partial charge on any atom is -0.361 e. The van der Waals surface area contributed by atoms with Gasteiger partial charge in [-0.05, 0) is 48.7 Å². The van der Waals surface area contributed by atoms with Gasteiger partial charge in [0.15, 0.2) is 0 Å². The minimum atomic E-state index is -0.705. The molecule has 0 aromatic heterocycles. The van der Waals surface area contributed by atoms with Crippen LogP contribution in [0, 0.1) is 0 Å². The van der Waals surface area contributed by atoms with E-state index in [1.54, 1.807) is 0 Å². The predicted octanol–water partition coefficient (Wildman–Crippen LogP) is 7.12. The van der Waals surface area contributed by atoms with E-state index in [1.807, 2.05) is 60.3 Å². The van der Waals surface area contributed by atoms with Gasteiger partial charge in [-0.1, -0.05) is 75.2 Å². The highest BCUT2D eigenvalue weighted by molar-refractivity contribution is 8.00. The van der Waals surface area contributed by atoms with Crippen LogP contribution < -0.4 is 0 Å². The van der Waals surface area contributed by atoms with Gasteiger partial charge in [-0.2, -0.15) is 11.8 Å². The Morgan fingerprint density at radius 1 is 1.16 bits per heavy atom. The summed E-state index contributed by atoms with van der Waals surface area (Å²) in [6, 6.07) is 15.5. The molecule has 2 aromatic carbocycles. The van der Waals surface area contributed by atoms with E-state index in [1.165, 1.54) is 0 Å². The maximum Gasteiger partial charge on any atom is 0.249 e. The number of thioether (sulfide) groups is 1. The molecule has 3 rings (SSSR count). The number of rotatable bonds is 6. The van der Waals surface area contributed by atoms with E-state index >= 15 is 0 Å². The highest BCUT2D eigenvalue weighted by Gasteiger charge is 2.51. The average molecular weight is 481 g/mol. The average Bonchev–Trinajstić information content (AvgIpc) is 2.70. The molecular formula is C25H31Cl2NO2S. The first-order chi connectivity index (χ1) is 14.6. The van der Waals surface area contributed by atoms with Gasteiger partial charge in [0.25, 0.3) is 0 Å². The van der Waals surface area contributed by atoms with E-state index in [4.69, 9.17) is 27.9 Å². The normalized spacial score (nSPS) is 23.1. The fourth-order valence-electron chi connectivity index (χ4n) is 4.24. The van der Waals surface area contributed by atoms with Crippen molar-refractivity contribution in [2.75, 3.05) is 12.4 Å². The van der Waals surface area contributed by atoms with E-state index in [0.717, 1.165) is 23.3 Å². The molecule has 168 valence electrons. The third kappa shape index (κ3) is 5.42. The summed E-state index contributed by atoms with van der Waals surface area (Å²) >= 11 is 14.4. The molecular weight excluding hydrogens is 449 g/mol. The van der Waals surface area contributed by atoms with Gasteiger partial charge in [0, 0.05) is 26.6 Å². The summed E-state index contributed by atoms with van der Waals surface area (Å²) in [4.78, 5) is 15.4. The van der Waals surface area contributed by atoms with Gasteiger partial charge < -0.3 is 9.64 Å². The third-order valence-corrected chi connectivity index (χ3v) is 7.68. The quantitative estimate of drug-likeness (QED) is 0.441. The Bertz CT molecular complexity index is 912. The van der Waals surface area contributed by atoms with Crippen molar-refractivity contribution in [3.05, 3.63) is 69.7 Å². The second-order valence-corrected chi connectivity index (χ2v) is 11.9. The molecule has 1 fully saturated rings. The standard InChI is InChI=1S/C25H31Cl2NO2S/c1-6-21(16-31-24(2,3)4)28-22(29)15-30-23(17-8-7-9-20(27)14-17)25(28,5)18-10-12-19(26)13-11-18/h7-14,21,23H,6,15-16H2,1-5H3. The second kappa shape index (κ2) is 9.74. The molecule has 2 aromatic rings. The summed E-state index contributed by atoms with van der Waals surface area (Å²) in [6.07, 6.45) is 0.513. The number of amides is 1. The number of hydrogen-bond donors (Lipinski definition) is 0. The molecule has 0 radical (unpaired) electrons. The molecule has 0 saturated carbocycles. The van der Waals surface area contributed by atoms with Crippen molar-refractivity contribution in [1.82, 2.24) is 4.90 Å². The summed E-state index contributed by atoms with van der Waals surface area (Å²) in [5.41, 5.74) is 1.25. The number of hydrogen-bond acceptors (Lipinski definition) is 3. The highest BCUT2D eigenvalue weighted by Crippen LogP contribution is 2.48. The number of benzene rings is 2. The van der Waals surface area contributed by atoms with Crippen molar-refractivity contribution in [3.8, 4) is 0 Å². The Labute approximate surface area is 200 Å². The van der Waals surface area contributed by atoms with Crippen LogP contribution in [0.15, 0.2) is 48.5 Å². The number of halogens is 2. The Morgan fingerprint density at radius 2 is 1.84 bits per heavy atom. The van der Waals surface area contributed by atoms with E-state index in [-0.39, 0.29) is 29.4 Å². The van der Waals surface area contributed by atoms with Crippen molar-refractivity contribution >= 4 is 40.9 Å². The van der Waals surface area contributed by atoms with Crippen LogP contribution in [0.1, 0.15) is 58.3 Å². The zero-order valence-electron chi connectivity index (χ0n) is 18.8. The van der Waals surface area contributed by atoms with Crippen molar-refractivity contribution in [1.29, 1.82) is 0 Å². The number of nitrogens with zero attached hydrogens (tertiary/aromatic N) is 1. The molecule has 0 spiro atoms. The fraction of sp³-hybridized carbons (Fsp3) is 0.480. The molecule has 0 aliphatic carbocycles. The first kappa shape index (κ1) is 24.4. The van der Waals surface area contributed by atoms with Crippen LogP contribution in [0.3, 0.4) is 0 Å². The van der Waals surface area contributed by atoms with Gasteiger partial charge in [0.1, 0.15) is 12.7 Å². The fourth-order valence-corrected chi connectivity index (χ4v) is 5.65. The van der Waals surface area contributed by atoms with Crippen LogP contribution in [0.5, 0.6) is 0 Å². The van der Waals surface area contributed by atoms with E-state index in [0.29, 0.717) is 10.0 Å². The molecule has 3 nitrogen and oxygen atoms in total. The molecule has 0 bridgehead atoms. The molecule has 3 atom stereocenters. The maximum atomic E-state index is 13.4. The van der Waals surface area contributed by atoms with Crippen molar-refractivity contribution < 1.29 is 9.53 Å². The molecule has 1 saturated heterocycles. The van der Waals surface area contributed by atoms with Crippen LogP contribution in [0.2, 0.25) is 10.0 Å². The monoisotopic (exact) mass is 479 g/mol. The van der Waals surface area contributed by atoms with Gasteiger partial charge in [-0.3, -0.25) is 4.79 Å². The lowest BCUT2D eigenvalue weighted by molar-refractivity contribution is -0.179. The lowest BCUT2D eigenvalue weighted by Crippen LogP contribution is -2.61. The minimum absolute atomic E-state index is 0.0112. The molecule has 3 unspecified atom stereocenters. The van der Waals surface area contributed by atoms with Crippen LogP contribution in [-0.2, 0) is 15.1 Å². The van der Waals surface area contributed by atoms with Crippen LogP contribution in [0.4, 0.5) is 0 Å². The molecule has 31 heavy (non-hydrogen) atoms. The zero-order valence-corrected chi connectivity index (χ0v) is 21.2. The van der Waals surface area contributed by atoms with E-state index in [2.05, 4.69) is 39.5 Å². The lowest BCUT2D eigenvalue weighted by Gasteiger charge is -2.53. The van der Waals surface area contributed by atoms with Gasteiger partial charge in [-0.25, -0.2) is 0 Å². The number of ether oxygens (including phenoxy) is 1. The molecule has 1 heterocycles. The van der Waals surface area contributed by atoms with Gasteiger partial charge in [-0.15, -0.1) is 0 Å². The first-order valence-corrected chi connectivity index (χ1v) is 12.4. The molecule has 0 N–H and O–H groups in total.